The van der Waals surface area contributed by atoms with E-state index in [4.69, 9.17) is 5.11 Å². The first kappa shape index (κ1) is 14.5. The Kier molecular flexibility index (Phi) is 4.74. The molecule has 2 amide bonds. The van der Waals surface area contributed by atoms with Gasteiger partial charge in [-0.05, 0) is 30.5 Å². The van der Waals surface area contributed by atoms with Gasteiger partial charge in [0.05, 0.1) is 0 Å². The summed E-state index contributed by atoms with van der Waals surface area (Å²) in [5, 5.41) is 14.5. The van der Waals surface area contributed by atoms with Gasteiger partial charge in [-0.1, -0.05) is 24.3 Å². The number of aliphatic hydroxyl groups excluding tert-OH is 1. The maximum Gasteiger partial charge on any atom is 0.315 e. The summed E-state index contributed by atoms with van der Waals surface area (Å²) < 4.78 is 13.4. The number of carbonyl (C=O) groups excluding carboxylic acids is 1. The summed E-state index contributed by atoms with van der Waals surface area (Å²) >= 11 is 0. The quantitative estimate of drug-likeness (QED) is 0.736. The summed E-state index contributed by atoms with van der Waals surface area (Å²) in [6.45, 7) is 2.07. The molecule has 0 unspecified atom stereocenters. The Morgan fingerprint density at radius 2 is 2.25 bits per heavy atom. The fourth-order valence-electron chi connectivity index (χ4n) is 2.17. The zero-order valence-electron chi connectivity index (χ0n) is 11.4. The first-order chi connectivity index (χ1) is 9.58. The van der Waals surface area contributed by atoms with Gasteiger partial charge in [-0.2, -0.15) is 0 Å². The van der Waals surface area contributed by atoms with Crippen LogP contribution >= 0.6 is 0 Å². The zero-order valence-corrected chi connectivity index (χ0v) is 11.4. The second-order valence-corrected chi connectivity index (χ2v) is 5.08. The number of aliphatic hydroxyl groups is 1. The molecule has 5 heteroatoms. The molecule has 1 aromatic rings. The van der Waals surface area contributed by atoms with Gasteiger partial charge < -0.3 is 15.7 Å². The van der Waals surface area contributed by atoms with Gasteiger partial charge in [0.2, 0.25) is 0 Å². The van der Waals surface area contributed by atoms with Gasteiger partial charge in [-0.3, -0.25) is 0 Å². The third-order valence-corrected chi connectivity index (χ3v) is 3.41. The minimum Gasteiger partial charge on any atom is -0.396 e. The van der Waals surface area contributed by atoms with Crippen LogP contribution in [-0.2, 0) is 6.54 Å². The van der Waals surface area contributed by atoms with Gasteiger partial charge in [-0.25, -0.2) is 9.18 Å². The Labute approximate surface area is 117 Å². The largest absolute Gasteiger partial charge is 0.396 e. The first-order valence-electron chi connectivity index (χ1n) is 6.67. The highest BCUT2D eigenvalue weighted by Gasteiger charge is 2.19. The number of hydrogen-bond acceptors (Lipinski definition) is 2. The van der Waals surface area contributed by atoms with Crippen LogP contribution < -0.4 is 10.6 Å². The van der Waals surface area contributed by atoms with Crippen molar-refractivity contribution < 1.29 is 14.3 Å². The number of carbonyl (C=O) groups is 1. The second-order valence-electron chi connectivity index (χ2n) is 5.08. The molecule has 0 fully saturated rings. The van der Waals surface area contributed by atoms with Crippen LogP contribution in [0.15, 0.2) is 30.4 Å². The lowest BCUT2D eigenvalue weighted by atomic mass is 10.1. The minimum absolute atomic E-state index is 0.0538. The fourth-order valence-corrected chi connectivity index (χ4v) is 2.17. The van der Waals surface area contributed by atoms with Gasteiger partial charge >= 0.3 is 6.03 Å². The van der Waals surface area contributed by atoms with Crippen molar-refractivity contribution in [3.8, 4) is 0 Å². The highest BCUT2D eigenvalue weighted by atomic mass is 19.1. The molecule has 1 aliphatic rings. The monoisotopic (exact) mass is 278 g/mol. The van der Waals surface area contributed by atoms with E-state index in [1.54, 1.807) is 19.1 Å². The van der Waals surface area contributed by atoms with Crippen LogP contribution in [0.4, 0.5) is 9.18 Å². The van der Waals surface area contributed by atoms with Gasteiger partial charge in [0.1, 0.15) is 5.82 Å². The van der Waals surface area contributed by atoms with Gasteiger partial charge in [0.15, 0.2) is 0 Å². The Balaban J connectivity index is 1.78. The third kappa shape index (κ3) is 3.81. The Bertz CT molecular complexity index is 517. The lowest BCUT2D eigenvalue weighted by Gasteiger charge is -2.13. The standard InChI is InChI=1S/C15H19FN2O2/c1-10-2-3-11(7-14(10)16)8-17-15(20)18-13-5-4-12(6-13)9-19/h2-5,7,12-13,19H,6,8-9H2,1H3,(H2,17,18,20)/t12-,13+/m0/s1. The number of benzene rings is 1. The molecule has 20 heavy (non-hydrogen) atoms. The van der Waals surface area contributed by atoms with Gasteiger partial charge in [-0.15, -0.1) is 0 Å². The smallest absolute Gasteiger partial charge is 0.315 e. The van der Waals surface area contributed by atoms with E-state index in [2.05, 4.69) is 10.6 Å². The van der Waals surface area contributed by atoms with Crippen molar-refractivity contribution in [2.75, 3.05) is 6.61 Å². The Morgan fingerprint density at radius 1 is 1.45 bits per heavy atom. The first-order valence-corrected chi connectivity index (χ1v) is 6.67. The van der Waals surface area contributed by atoms with Crippen molar-refractivity contribution in [2.24, 2.45) is 5.92 Å². The summed E-state index contributed by atoms with van der Waals surface area (Å²) in [7, 11) is 0. The van der Waals surface area contributed by atoms with Crippen molar-refractivity contribution in [3.05, 3.63) is 47.3 Å². The van der Waals surface area contributed by atoms with E-state index in [1.807, 2.05) is 12.2 Å². The normalized spacial score (nSPS) is 20.9. The molecule has 0 saturated carbocycles. The molecular weight excluding hydrogens is 259 g/mol. The summed E-state index contributed by atoms with van der Waals surface area (Å²) in [5.41, 5.74) is 1.31. The molecule has 0 saturated heterocycles. The van der Waals surface area contributed by atoms with Gasteiger partial charge in [0.25, 0.3) is 0 Å². The SMILES string of the molecule is Cc1ccc(CNC(=O)N[C@@H]2C=C[C@H](CO)C2)cc1F. The van der Waals surface area contributed by atoms with Crippen LogP contribution in [0.25, 0.3) is 0 Å². The predicted molar refractivity (Wildman–Crippen MR) is 74.6 cm³/mol. The molecule has 1 aliphatic carbocycles. The molecule has 0 spiro atoms. The number of amides is 2. The van der Waals surface area contributed by atoms with Crippen LogP contribution in [0.2, 0.25) is 0 Å². The molecule has 4 nitrogen and oxygen atoms in total. The summed E-state index contributed by atoms with van der Waals surface area (Å²) in [6, 6.07) is 4.56. The van der Waals surface area contributed by atoms with E-state index in [0.29, 0.717) is 12.0 Å². The topological polar surface area (TPSA) is 61.4 Å². The number of nitrogens with one attached hydrogen (secondary N) is 2. The molecule has 2 rings (SSSR count). The van der Waals surface area contributed by atoms with Crippen LogP contribution in [0.5, 0.6) is 0 Å². The molecule has 108 valence electrons. The molecule has 2 atom stereocenters. The lowest BCUT2D eigenvalue weighted by molar-refractivity contribution is 0.231. The molecule has 0 aromatic heterocycles. The van der Waals surface area contributed by atoms with E-state index in [1.165, 1.54) is 6.07 Å². The van der Waals surface area contributed by atoms with Crippen LogP contribution in [0.3, 0.4) is 0 Å². The fraction of sp³-hybridized carbons (Fsp3) is 0.400. The molecule has 0 aliphatic heterocycles. The van der Waals surface area contributed by atoms with Crippen molar-refractivity contribution in [1.29, 1.82) is 0 Å². The molecule has 0 heterocycles. The number of rotatable bonds is 4. The molecule has 1 aromatic carbocycles. The number of halogens is 1. The predicted octanol–water partition coefficient (Wildman–Crippen LogP) is 1.87. The Hall–Kier alpha value is -1.88. The molecule has 0 bridgehead atoms. The second kappa shape index (κ2) is 6.52. The lowest BCUT2D eigenvalue weighted by Crippen LogP contribution is -2.40. The summed E-state index contributed by atoms with van der Waals surface area (Å²) in [6.07, 6.45) is 4.50. The maximum absolute atomic E-state index is 13.4. The van der Waals surface area contributed by atoms with Crippen molar-refractivity contribution >= 4 is 6.03 Å². The number of hydrogen-bond donors (Lipinski definition) is 3. The van der Waals surface area contributed by atoms with Gasteiger partial charge in [0, 0.05) is 25.1 Å². The van der Waals surface area contributed by atoms with Crippen molar-refractivity contribution in [3.63, 3.8) is 0 Å². The van der Waals surface area contributed by atoms with E-state index in [0.717, 1.165) is 5.56 Å². The summed E-state index contributed by atoms with van der Waals surface area (Å²) in [5.74, 6) is -0.152. The average Bonchev–Trinajstić information content (AvgIpc) is 2.88. The van der Waals surface area contributed by atoms with Crippen LogP contribution in [0, 0.1) is 18.7 Å². The van der Waals surface area contributed by atoms with Crippen LogP contribution in [0.1, 0.15) is 17.5 Å². The van der Waals surface area contributed by atoms with E-state index in [9.17, 15) is 9.18 Å². The Morgan fingerprint density at radius 3 is 2.90 bits per heavy atom. The molecule has 0 radical (unpaired) electrons. The average molecular weight is 278 g/mol. The highest BCUT2D eigenvalue weighted by Crippen LogP contribution is 2.16. The third-order valence-electron chi connectivity index (χ3n) is 3.41. The number of urea groups is 1. The highest BCUT2D eigenvalue weighted by molar-refractivity contribution is 5.74. The summed E-state index contributed by atoms with van der Waals surface area (Å²) in [4.78, 5) is 11.7. The zero-order chi connectivity index (χ0) is 14.5. The molecular formula is C15H19FN2O2. The maximum atomic E-state index is 13.4. The van der Waals surface area contributed by atoms with Crippen molar-refractivity contribution in [1.82, 2.24) is 10.6 Å². The van der Waals surface area contributed by atoms with Crippen LogP contribution in [-0.4, -0.2) is 23.8 Å². The van der Waals surface area contributed by atoms with E-state index >= 15 is 0 Å². The minimum atomic E-state index is -0.292. The van der Waals surface area contributed by atoms with E-state index in [-0.39, 0.29) is 37.0 Å². The van der Waals surface area contributed by atoms with E-state index < -0.39 is 0 Å². The number of aryl methyl sites for hydroxylation is 1. The molecule has 3 N–H and O–H groups in total. The van der Waals surface area contributed by atoms with Crippen molar-refractivity contribution in [2.45, 2.75) is 25.9 Å².